The number of carbonyl (C=O) groups excluding carboxylic acids is 1. The van der Waals surface area contributed by atoms with Crippen LogP contribution in [0.3, 0.4) is 0 Å². The lowest BCUT2D eigenvalue weighted by atomic mass is 10.1. The summed E-state index contributed by atoms with van der Waals surface area (Å²) in [7, 11) is 0. The molecule has 0 spiro atoms. The predicted molar refractivity (Wildman–Crippen MR) is 113 cm³/mol. The molecule has 3 aromatic carbocycles. The first-order valence-corrected chi connectivity index (χ1v) is 9.09. The van der Waals surface area contributed by atoms with Gasteiger partial charge in [0.15, 0.2) is 6.61 Å². The predicted octanol–water partition coefficient (Wildman–Crippen LogP) is 4.15. The molecule has 0 aliphatic heterocycles. The van der Waals surface area contributed by atoms with E-state index in [1.807, 2.05) is 42.5 Å². The highest BCUT2D eigenvalue weighted by Gasteiger charge is 2.17. The number of hydrazone groups is 1. The zero-order valence-electron chi connectivity index (χ0n) is 15.5. The molecule has 0 heterocycles. The molecule has 0 radical (unpaired) electrons. The quantitative estimate of drug-likeness (QED) is 0.335. The number of carbonyl (C=O) groups is 1. The van der Waals surface area contributed by atoms with Gasteiger partial charge in [-0.25, -0.2) is 5.43 Å². The van der Waals surface area contributed by atoms with E-state index >= 15 is 0 Å². The first kappa shape index (κ1) is 20.8. The summed E-state index contributed by atoms with van der Waals surface area (Å²) in [5, 5.41) is 24.5. The summed E-state index contributed by atoms with van der Waals surface area (Å²) in [6, 6.07) is 19.4. The Labute approximate surface area is 176 Å². The van der Waals surface area contributed by atoms with Crippen molar-refractivity contribution in [2.24, 2.45) is 5.10 Å². The number of amides is 1. The molecule has 0 saturated carbocycles. The Morgan fingerprint density at radius 3 is 2.47 bits per heavy atom. The van der Waals surface area contributed by atoms with Gasteiger partial charge < -0.3 is 9.84 Å². The van der Waals surface area contributed by atoms with Crippen molar-refractivity contribution in [3.63, 3.8) is 0 Å². The maximum atomic E-state index is 11.9. The number of hydrogen-bond acceptors (Lipinski definition) is 6. The normalized spacial score (nSPS) is 10.7. The van der Waals surface area contributed by atoms with E-state index in [0.29, 0.717) is 5.75 Å². The highest BCUT2D eigenvalue weighted by molar-refractivity contribution is 6.31. The number of hydrogen-bond donors (Lipinski definition) is 2. The second-order valence-corrected chi connectivity index (χ2v) is 6.53. The Morgan fingerprint density at radius 2 is 1.80 bits per heavy atom. The summed E-state index contributed by atoms with van der Waals surface area (Å²) in [5.74, 6) is -0.636. The van der Waals surface area contributed by atoms with Gasteiger partial charge >= 0.3 is 5.69 Å². The Hall–Kier alpha value is -3.91. The van der Waals surface area contributed by atoms with Crippen molar-refractivity contribution in [1.82, 2.24) is 5.43 Å². The van der Waals surface area contributed by atoms with Gasteiger partial charge in [-0.3, -0.25) is 14.9 Å². The fourth-order valence-corrected chi connectivity index (χ4v) is 2.79. The van der Waals surface area contributed by atoms with Crippen LogP contribution >= 0.6 is 11.6 Å². The third-order valence-electron chi connectivity index (χ3n) is 4.01. The van der Waals surface area contributed by atoms with Gasteiger partial charge in [0.1, 0.15) is 5.75 Å². The van der Waals surface area contributed by atoms with E-state index in [-0.39, 0.29) is 17.2 Å². The lowest BCUT2D eigenvalue weighted by molar-refractivity contribution is -0.385. The van der Waals surface area contributed by atoms with Crippen molar-refractivity contribution in [1.29, 1.82) is 0 Å². The molecule has 3 rings (SSSR count). The molecular weight excluding hydrogens is 410 g/mol. The minimum atomic E-state index is -0.770. The molecule has 0 aliphatic rings. The molecule has 3 aromatic rings. The van der Waals surface area contributed by atoms with Crippen LogP contribution in [0.25, 0.3) is 11.1 Å². The van der Waals surface area contributed by atoms with Gasteiger partial charge in [-0.1, -0.05) is 54.1 Å². The molecule has 1 amide bonds. The third-order valence-corrected chi connectivity index (χ3v) is 4.22. The number of ether oxygens (including phenoxy) is 1. The van der Waals surface area contributed by atoms with Gasteiger partial charge in [0.05, 0.1) is 11.1 Å². The number of phenolic OH excluding ortho intramolecular Hbond substituents is 1. The van der Waals surface area contributed by atoms with Gasteiger partial charge in [-0.15, -0.1) is 0 Å². The summed E-state index contributed by atoms with van der Waals surface area (Å²) >= 11 is 5.79. The van der Waals surface area contributed by atoms with E-state index in [2.05, 4.69) is 10.5 Å². The fraction of sp³-hybridized carbons (Fsp3) is 0.0476. The average Bonchev–Trinajstić information content (AvgIpc) is 2.75. The van der Waals surface area contributed by atoms with E-state index in [1.54, 1.807) is 12.1 Å². The van der Waals surface area contributed by atoms with Crippen LogP contribution in [0.1, 0.15) is 5.56 Å². The molecule has 0 aliphatic carbocycles. The van der Waals surface area contributed by atoms with Crippen molar-refractivity contribution in [3.8, 4) is 22.6 Å². The van der Waals surface area contributed by atoms with Crippen LogP contribution in [0.2, 0.25) is 5.02 Å². The molecule has 0 saturated heterocycles. The molecule has 0 unspecified atom stereocenters. The minimum absolute atomic E-state index is 0.00748. The zero-order chi connectivity index (χ0) is 21.5. The topological polar surface area (TPSA) is 114 Å². The smallest absolute Gasteiger partial charge is 0.312 e. The highest BCUT2D eigenvalue weighted by Crippen LogP contribution is 2.32. The number of nitrogens with zero attached hydrogens (tertiary/aromatic N) is 2. The van der Waals surface area contributed by atoms with Crippen molar-refractivity contribution in [2.75, 3.05) is 6.61 Å². The lowest BCUT2D eigenvalue weighted by Gasteiger charge is -2.07. The molecule has 9 heteroatoms. The van der Waals surface area contributed by atoms with Gasteiger partial charge in [-0.05, 0) is 29.3 Å². The number of halogens is 1. The fourth-order valence-electron chi connectivity index (χ4n) is 2.57. The van der Waals surface area contributed by atoms with Crippen molar-refractivity contribution < 1.29 is 19.6 Å². The SMILES string of the molecule is O=C(COc1ccc(-c2ccccc2)cc1)N/N=C/c1cc(Cl)cc([N+](=O)[O-])c1O. The second-order valence-electron chi connectivity index (χ2n) is 6.09. The third kappa shape index (κ3) is 5.33. The largest absolute Gasteiger partial charge is 0.502 e. The van der Waals surface area contributed by atoms with Crippen molar-refractivity contribution in [3.05, 3.63) is 87.4 Å². The van der Waals surface area contributed by atoms with E-state index < -0.39 is 22.3 Å². The first-order valence-electron chi connectivity index (χ1n) is 8.71. The van der Waals surface area contributed by atoms with E-state index in [4.69, 9.17) is 16.3 Å². The standard InChI is InChI=1S/C21H16ClN3O5/c22-17-10-16(21(27)19(11-17)25(28)29)12-23-24-20(26)13-30-18-8-6-15(7-9-18)14-4-2-1-3-5-14/h1-12,27H,13H2,(H,24,26)/b23-12+. The molecule has 152 valence electrons. The van der Waals surface area contributed by atoms with Gasteiger partial charge in [0.2, 0.25) is 5.75 Å². The maximum absolute atomic E-state index is 11.9. The monoisotopic (exact) mass is 425 g/mol. The molecule has 0 aromatic heterocycles. The average molecular weight is 426 g/mol. The highest BCUT2D eigenvalue weighted by atomic mass is 35.5. The number of benzene rings is 3. The second kappa shape index (κ2) is 9.53. The van der Waals surface area contributed by atoms with Crippen molar-refractivity contribution in [2.45, 2.75) is 0 Å². The summed E-state index contributed by atoms with van der Waals surface area (Å²) in [6.45, 7) is -0.288. The Balaban J connectivity index is 1.55. The minimum Gasteiger partial charge on any atom is -0.502 e. The first-order chi connectivity index (χ1) is 14.4. The van der Waals surface area contributed by atoms with Gasteiger partial charge in [0, 0.05) is 16.7 Å². The molecule has 0 bridgehead atoms. The molecule has 0 fully saturated rings. The van der Waals surface area contributed by atoms with Gasteiger partial charge in [0.25, 0.3) is 5.91 Å². The van der Waals surface area contributed by atoms with E-state index in [1.165, 1.54) is 6.07 Å². The number of nitro benzene ring substituents is 1. The summed E-state index contributed by atoms with van der Waals surface area (Å²) < 4.78 is 5.41. The van der Waals surface area contributed by atoms with Crippen LogP contribution in [0.15, 0.2) is 71.8 Å². The van der Waals surface area contributed by atoms with Crippen LogP contribution in [-0.4, -0.2) is 28.8 Å². The summed E-state index contributed by atoms with van der Waals surface area (Å²) in [6.07, 6.45) is 1.06. The van der Waals surface area contributed by atoms with Crippen LogP contribution in [0.5, 0.6) is 11.5 Å². The molecule has 0 atom stereocenters. The number of phenols is 1. The summed E-state index contributed by atoms with van der Waals surface area (Å²) in [4.78, 5) is 22.0. The van der Waals surface area contributed by atoms with Crippen LogP contribution in [0.4, 0.5) is 5.69 Å². The molecule has 30 heavy (non-hydrogen) atoms. The van der Waals surface area contributed by atoms with E-state index in [0.717, 1.165) is 23.4 Å². The Morgan fingerprint density at radius 1 is 1.13 bits per heavy atom. The van der Waals surface area contributed by atoms with Crippen LogP contribution < -0.4 is 10.2 Å². The number of nitro groups is 1. The number of rotatable bonds is 7. The molecule has 2 N–H and O–H groups in total. The Bertz CT molecular complexity index is 1090. The Kier molecular flexibility index (Phi) is 6.61. The van der Waals surface area contributed by atoms with E-state index in [9.17, 15) is 20.0 Å². The maximum Gasteiger partial charge on any atom is 0.312 e. The molecular formula is C21H16ClN3O5. The zero-order valence-corrected chi connectivity index (χ0v) is 16.2. The molecule has 8 nitrogen and oxygen atoms in total. The van der Waals surface area contributed by atoms with Gasteiger partial charge in [-0.2, -0.15) is 5.10 Å². The lowest BCUT2D eigenvalue weighted by Crippen LogP contribution is -2.24. The summed E-state index contributed by atoms with van der Waals surface area (Å²) in [5.41, 5.74) is 3.74. The van der Waals surface area contributed by atoms with Crippen molar-refractivity contribution >= 4 is 29.4 Å². The number of aromatic hydroxyl groups is 1. The number of nitrogens with one attached hydrogen (secondary N) is 1. The van der Waals surface area contributed by atoms with Crippen LogP contribution in [0, 0.1) is 10.1 Å². The van der Waals surface area contributed by atoms with Crippen LogP contribution in [-0.2, 0) is 4.79 Å².